The lowest BCUT2D eigenvalue weighted by Gasteiger charge is -2.18. The van der Waals surface area contributed by atoms with E-state index in [1.54, 1.807) is 0 Å². The number of hydrogen-bond acceptors (Lipinski definition) is 2. The molecule has 0 aromatic heterocycles. The molecule has 0 aliphatic rings. The van der Waals surface area contributed by atoms with Crippen LogP contribution in [0, 0.1) is 5.92 Å². The quantitative estimate of drug-likeness (QED) is 0.651. The van der Waals surface area contributed by atoms with Gasteiger partial charge in [-0.3, -0.25) is 4.79 Å². The second-order valence-corrected chi connectivity index (χ2v) is 4.13. The van der Waals surface area contributed by atoms with E-state index < -0.39 is 0 Å². The molecule has 3 heteroatoms. The molecule has 15 heavy (non-hydrogen) atoms. The fourth-order valence-electron chi connectivity index (χ4n) is 1.52. The zero-order valence-corrected chi connectivity index (χ0v) is 10.3. The van der Waals surface area contributed by atoms with Gasteiger partial charge in [0.15, 0.2) is 0 Å². The summed E-state index contributed by atoms with van der Waals surface area (Å²) in [6, 6.07) is 0. The monoisotopic (exact) mass is 215 g/mol. The fourth-order valence-corrected chi connectivity index (χ4v) is 1.52. The van der Waals surface area contributed by atoms with Crippen LogP contribution in [0.5, 0.6) is 0 Å². The van der Waals surface area contributed by atoms with Crippen molar-refractivity contribution in [2.45, 2.75) is 59.0 Å². The molecule has 90 valence electrons. The van der Waals surface area contributed by atoms with Gasteiger partial charge in [0.25, 0.3) is 0 Å². The first-order valence-electron chi connectivity index (χ1n) is 6.08. The Morgan fingerprint density at radius 1 is 1.27 bits per heavy atom. The molecule has 0 spiro atoms. The first kappa shape index (κ1) is 14.4. The summed E-state index contributed by atoms with van der Waals surface area (Å²) in [6.45, 7) is 6.77. The van der Waals surface area contributed by atoms with Gasteiger partial charge in [-0.15, -0.1) is 0 Å². The summed E-state index contributed by atoms with van der Waals surface area (Å²) in [7, 11) is 0. The first-order valence-corrected chi connectivity index (χ1v) is 6.08. The molecular weight excluding hydrogens is 190 g/mol. The molecule has 0 aliphatic heterocycles. The van der Waals surface area contributed by atoms with E-state index in [1.165, 1.54) is 0 Å². The molecule has 2 N–H and O–H groups in total. The zero-order valence-electron chi connectivity index (χ0n) is 10.3. The van der Waals surface area contributed by atoms with Crippen LogP contribution in [0.4, 0.5) is 0 Å². The summed E-state index contributed by atoms with van der Waals surface area (Å²) in [5.74, 6) is 0.530. The van der Waals surface area contributed by atoms with Crippen LogP contribution in [-0.2, 0) is 4.79 Å². The van der Waals surface area contributed by atoms with Crippen LogP contribution in [-0.4, -0.2) is 23.7 Å². The Kier molecular flexibility index (Phi) is 8.38. The molecule has 0 aromatic rings. The Hall–Kier alpha value is -0.570. The van der Waals surface area contributed by atoms with Crippen LogP contribution < -0.4 is 5.32 Å². The van der Waals surface area contributed by atoms with E-state index in [-0.39, 0.29) is 12.0 Å². The van der Waals surface area contributed by atoms with E-state index in [0.29, 0.717) is 18.9 Å². The molecule has 0 fully saturated rings. The summed E-state index contributed by atoms with van der Waals surface area (Å²) >= 11 is 0. The molecule has 0 bridgehead atoms. The van der Waals surface area contributed by atoms with Gasteiger partial charge in [0, 0.05) is 13.0 Å². The molecule has 3 nitrogen and oxygen atoms in total. The summed E-state index contributed by atoms with van der Waals surface area (Å²) < 4.78 is 0. The molecule has 0 rings (SSSR count). The number of carbonyl (C=O) groups is 1. The third-order valence-corrected chi connectivity index (χ3v) is 2.72. The Labute approximate surface area is 93.3 Å². The van der Waals surface area contributed by atoms with E-state index >= 15 is 0 Å². The van der Waals surface area contributed by atoms with Crippen LogP contribution in [0.3, 0.4) is 0 Å². The highest BCUT2D eigenvalue weighted by molar-refractivity contribution is 5.75. The molecular formula is C12H25NO2. The van der Waals surface area contributed by atoms with Crippen LogP contribution in [0.15, 0.2) is 0 Å². The van der Waals surface area contributed by atoms with E-state index in [2.05, 4.69) is 12.2 Å². The molecule has 0 aliphatic carbocycles. The average Bonchev–Trinajstić information content (AvgIpc) is 2.24. The van der Waals surface area contributed by atoms with Crippen molar-refractivity contribution in [1.82, 2.24) is 5.32 Å². The van der Waals surface area contributed by atoms with Gasteiger partial charge in [-0.25, -0.2) is 0 Å². The minimum Gasteiger partial charge on any atom is -0.393 e. The van der Waals surface area contributed by atoms with Crippen LogP contribution >= 0.6 is 0 Å². The molecule has 1 amide bonds. The summed E-state index contributed by atoms with van der Waals surface area (Å²) in [4.78, 5) is 11.2. The third kappa shape index (κ3) is 7.37. The highest BCUT2D eigenvalue weighted by Crippen LogP contribution is 2.12. The number of hydrogen-bond donors (Lipinski definition) is 2. The maximum absolute atomic E-state index is 11.2. The number of aliphatic hydroxyl groups is 1. The van der Waals surface area contributed by atoms with Crippen molar-refractivity contribution in [3.05, 3.63) is 0 Å². The predicted octanol–water partition coefficient (Wildman–Crippen LogP) is 2.09. The summed E-state index contributed by atoms with van der Waals surface area (Å²) in [5.41, 5.74) is 0. The van der Waals surface area contributed by atoms with Crippen molar-refractivity contribution in [2.75, 3.05) is 6.54 Å². The number of rotatable bonds is 8. The smallest absolute Gasteiger partial charge is 0.219 e. The molecule has 0 radical (unpaired) electrons. The second-order valence-electron chi connectivity index (χ2n) is 4.13. The molecule has 0 aromatic carbocycles. The maximum atomic E-state index is 11.2. The first-order chi connectivity index (χ1) is 7.13. The van der Waals surface area contributed by atoms with Gasteiger partial charge in [0.2, 0.25) is 5.91 Å². The van der Waals surface area contributed by atoms with Gasteiger partial charge in [-0.2, -0.15) is 0 Å². The van der Waals surface area contributed by atoms with Gasteiger partial charge < -0.3 is 10.4 Å². The highest BCUT2D eigenvalue weighted by Gasteiger charge is 2.12. The van der Waals surface area contributed by atoms with Crippen molar-refractivity contribution in [2.24, 2.45) is 5.92 Å². The topological polar surface area (TPSA) is 49.3 Å². The molecule has 2 atom stereocenters. The SMILES string of the molecule is CCCC(=O)NCC(CC)CC(O)CC. The van der Waals surface area contributed by atoms with Crippen molar-refractivity contribution < 1.29 is 9.90 Å². The van der Waals surface area contributed by atoms with Crippen molar-refractivity contribution in [3.8, 4) is 0 Å². The Morgan fingerprint density at radius 3 is 2.40 bits per heavy atom. The molecule has 0 saturated carbocycles. The lowest BCUT2D eigenvalue weighted by atomic mass is 9.97. The zero-order chi connectivity index (χ0) is 11.7. The van der Waals surface area contributed by atoms with Crippen LogP contribution in [0.25, 0.3) is 0 Å². The number of nitrogens with one attached hydrogen (secondary N) is 1. The van der Waals surface area contributed by atoms with Crippen molar-refractivity contribution in [3.63, 3.8) is 0 Å². The maximum Gasteiger partial charge on any atom is 0.219 e. The summed E-state index contributed by atoms with van der Waals surface area (Å²) in [6.07, 6.45) is 3.85. The average molecular weight is 215 g/mol. The van der Waals surface area contributed by atoms with Gasteiger partial charge in [-0.05, 0) is 25.2 Å². The van der Waals surface area contributed by atoms with E-state index in [0.717, 1.165) is 25.7 Å². The lowest BCUT2D eigenvalue weighted by Crippen LogP contribution is -2.30. The highest BCUT2D eigenvalue weighted by atomic mass is 16.3. The standard InChI is InChI=1S/C12H25NO2/c1-4-7-12(15)13-9-10(5-2)8-11(14)6-3/h10-11,14H,4-9H2,1-3H3,(H,13,15). The Morgan fingerprint density at radius 2 is 1.93 bits per heavy atom. The number of aliphatic hydroxyl groups excluding tert-OH is 1. The van der Waals surface area contributed by atoms with Gasteiger partial charge >= 0.3 is 0 Å². The number of carbonyl (C=O) groups excluding carboxylic acids is 1. The van der Waals surface area contributed by atoms with Crippen LogP contribution in [0.2, 0.25) is 0 Å². The van der Waals surface area contributed by atoms with E-state index in [4.69, 9.17) is 0 Å². The number of amides is 1. The van der Waals surface area contributed by atoms with Crippen LogP contribution in [0.1, 0.15) is 52.9 Å². The lowest BCUT2D eigenvalue weighted by molar-refractivity contribution is -0.121. The fraction of sp³-hybridized carbons (Fsp3) is 0.917. The second kappa shape index (κ2) is 8.72. The van der Waals surface area contributed by atoms with Gasteiger partial charge in [-0.1, -0.05) is 27.2 Å². The van der Waals surface area contributed by atoms with Crippen molar-refractivity contribution in [1.29, 1.82) is 0 Å². The molecule has 0 heterocycles. The molecule has 0 saturated heterocycles. The van der Waals surface area contributed by atoms with E-state index in [9.17, 15) is 9.90 Å². The predicted molar refractivity (Wildman–Crippen MR) is 62.6 cm³/mol. The Balaban J connectivity index is 3.74. The third-order valence-electron chi connectivity index (χ3n) is 2.72. The summed E-state index contributed by atoms with van der Waals surface area (Å²) in [5, 5.41) is 12.4. The normalized spacial score (nSPS) is 14.7. The molecule has 2 unspecified atom stereocenters. The minimum atomic E-state index is -0.224. The van der Waals surface area contributed by atoms with Gasteiger partial charge in [0.1, 0.15) is 0 Å². The van der Waals surface area contributed by atoms with E-state index in [1.807, 2.05) is 13.8 Å². The largest absolute Gasteiger partial charge is 0.393 e. The minimum absolute atomic E-state index is 0.127. The van der Waals surface area contributed by atoms with Gasteiger partial charge in [0.05, 0.1) is 6.10 Å². The Bertz CT molecular complexity index is 171. The van der Waals surface area contributed by atoms with Crippen molar-refractivity contribution >= 4 is 5.91 Å².